The van der Waals surface area contributed by atoms with Crippen LogP contribution in [0.15, 0.2) is 24.3 Å². The Morgan fingerprint density at radius 2 is 1.90 bits per heavy atom. The molecule has 0 aromatic heterocycles. The molecule has 1 saturated carbocycles. The maximum Gasteiger partial charge on any atom is 0.119 e. The van der Waals surface area contributed by atoms with Crippen molar-refractivity contribution < 1.29 is 9.84 Å². The molecular weight excluding hydrogens is 262 g/mol. The molecule has 0 unspecified atom stereocenters. The molecule has 0 bridgehead atoms. The smallest absolute Gasteiger partial charge is 0.119 e. The number of hydrogen-bond acceptors (Lipinski definition) is 3. The van der Waals surface area contributed by atoms with Crippen LogP contribution in [0.3, 0.4) is 0 Å². The van der Waals surface area contributed by atoms with Crippen LogP contribution in [0.5, 0.6) is 5.75 Å². The van der Waals surface area contributed by atoms with Crippen LogP contribution in [0.25, 0.3) is 0 Å². The lowest BCUT2D eigenvalue weighted by Crippen LogP contribution is -2.38. The van der Waals surface area contributed by atoms with Gasteiger partial charge >= 0.3 is 0 Å². The summed E-state index contributed by atoms with van der Waals surface area (Å²) in [6.07, 6.45) is 5.16. The molecule has 0 heterocycles. The molecule has 3 heteroatoms. The summed E-state index contributed by atoms with van der Waals surface area (Å²) < 4.78 is 5.84. The average molecular weight is 291 g/mol. The van der Waals surface area contributed by atoms with E-state index in [1.54, 1.807) is 0 Å². The van der Waals surface area contributed by atoms with Crippen LogP contribution in [-0.4, -0.2) is 22.9 Å². The predicted molar refractivity (Wildman–Crippen MR) is 86.6 cm³/mol. The minimum absolute atomic E-state index is 0.105. The van der Waals surface area contributed by atoms with E-state index in [2.05, 4.69) is 38.2 Å². The van der Waals surface area contributed by atoms with Crippen molar-refractivity contribution in [2.45, 2.75) is 70.6 Å². The fourth-order valence-electron chi connectivity index (χ4n) is 2.68. The van der Waals surface area contributed by atoms with Gasteiger partial charge in [-0.3, -0.25) is 0 Å². The third-order valence-corrected chi connectivity index (χ3v) is 4.01. The fourth-order valence-corrected chi connectivity index (χ4v) is 2.68. The van der Waals surface area contributed by atoms with Gasteiger partial charge in [0.25, 0.3) is 0 Å². The first-order valence-corrected chi connectivity index (χ1v) is 8.06. The van der Waals surface area contributed by atoms with Crippen molar-refractivity contribution in [3.05, 3.63) is 29.8 Å². The van der Waals surface area contributed by atoms with Gasteiger partial charge in [0.2, 0.25) is 0 Å². The Kier molecular flexibility index (Phi) is 5.28. The average Bonchev–Trinajstić information content (AvgIpc) is 2.44. The largest absolute Gasteiger partial charge is 0.491 e. The molecule has 1 aliphatic carbocycles. The Labute approximate surface area is 128 Å². The van der Waals surface area contributed by atoms with Crippen LogP contribution >= 0.6 is 0 Å². The second-order valence-corrected chi connectivity index (χ2v) is 7.32. The fraction of sp³-hybridized carbons (Fsp3) is 0.667. The quantitative estimate of drug-likeness (QED) is 0.870. The van der Waals surface area contributed by atoms with E-state index in [0.29, 0.717) is 6.61 Å². The van der Waals surface area contributed by atoms with E-state index in [1.807, 2.05) is 12.1 Å². The highest BCUT2D eigenvalue weighted by atomic mass is 16.5. The zero-order valence-electron chi connectivity index (χ0n) is 13.6. The molecule has 2 N–H and O–H groups in total. The first kappa shape index (κ1) is 16.3. The molecule has 0 aliphatic heterocycles. The van der Waals surface area contributed by atoms with Gasteiger partial charge in [0, 0.05) is 12.1 Å². The van der Waals surface area contributed by atoms with Crippen LogP contribution in [-0.2, 0) is 6.54 Å². The minimum Gasteiger partial charge on any atom is -0.491 e. The number of nitrogens with one attached hydrogen (secondary N) is 1. The van der Waals surface area contributed by atoms with E-state index in [4.69, 9.17) is 4.74 Å². The SMILES string of the molecule is CC(C)(C)NCc1cccc(OCC2(O)CCCCC2)c1. The molecule has 118 valence electrons. The van der Waals surface area contributed by atoms with Crippen LogP contribution in [0.4, 0.5) is 0 Å². The third kappa shape index (κ3) is 5.68. The molecule has 0 spiro atoms. The summed E-state index contributed by atoms with van der Waals surface area (Å²) in [6.45, 7) is 7.71. The number of hydrogen-bond donors (Lipinski definition) is 2. The lowest BCUT2D eigenvalue weighted by atomic mass is 9.85. The maximum absolute atomic E-state index is 10.5. The van der Waals surface area contributed by atoms with Gasteiger partial charge in [-0.2, -0.15) is 0 Å². The van der Waals surface area contributed by atoms with Crippen molar-refractivity contribution in [3.63, 3.8) is 0 Å². The summed E-state index contributed by atoms with van der Waals surface area (Å²) in [5.41, 5.74) is 0.685. The third-order valence-electron chi connectivity index (χ3n) is 4.01. The highest BCUT2D eigenvalue weighted by Gasteiger charge is 2.29. The summed E-state index contributed by atoms with van der Waals surface area (Å²) in [6, 6.07) is 8.14. The molecule has 0 atom stereocenters. The second-order valence-electron chi connectivity index (χ2n) is 7.32. The van der Waals surface area contributed by atoms with Crippen molar-refractivity contribution in [3.8, 4) is 5.75 Å². The van der Waals surface area contributed by atoms with Gasteiger partial charge in [-0.25, -0.2) is 0 Å². The van der Waals surface area contributed by atoms with Crippen LogP contribution < -0.4 is 10.1 Å². The Morgan fingerprint density at radius 3 is 2.57 bits per heavy atom. The van der Waals surface area contributed by atoms with Gasteiger partial charge in [-0.05, 0) is 51.3 Å². The molecule has 0 saturated heterocycles. The number of rotatable bonds is 5. The first-order valence-electron chi connectivity index (χ1n) is 8.06. The molecule has 21 heavy (non-hydrogen) atoms. The van der Waals surface area contributed by atoms with Crippen LogP contribution in [0.2, 0.25) is 0 Å². The van der Waals surface area contributed by atoms with Crippen LogP contribution in [0.1, 0.15) is 58.4 Å². The van der Waals surface area contributed by atoms with Gasteiger partial charge in [0.15, 0.2) is 0 Å². The van der Waals surface area contributed by atoms with Gasteiger partial charge in [-0.1, -0.05) is 31.4 Å². The predicted octanol–water partition coefficient (Wildman–Crippen LogP) is 3.65. The summed E-state index contributed by atoms with van der Waals surface area (Å²) in [7, 11) is 0. The molecule has 0 radical (unpaired) electrons. The molecular formula is C18H29NO2. The topological polar surface area (TPSA) is 41.5 Å². The van der Waals surface area contributed by atoms with E-state index >= 15 is 0 Å². The van der Waals surface area contributed by atoms with Crippen molar-refractivity contribution in [1.29, 1.82) is 0 Å². The number of ether oxygens (including phenoxy) is 1. The van der Waals surface area contributed by atoms with Crippen LogP contribution in [0, 0.1) is 0 Å². The Morgan fingerprint density at radius 1 is 1.19 bits per heavy atom. The van der Waals surface area contributed by atoms with Crippen molar-refractivity contribution >= 4 is 0 Å². The van der Waals surface area contributed by atoms with E-state index in [-0.39, 0.29) is 5.54 Å². The molecule has 1 aliphatic rings. The van der Waals surface area contributed by atoms with E-state index < -0.39 is 5.60 Å². The second kappa shape index (κ2) is 6.80. The number of aliphatic hydroxyl groups is 1. The van der Waals surface area contributed by atoms with Crippen molar-refractivity contribution in [1.82, 2.24) is 5.32 Å². The van der Waals surface area contributed by atoms with Crippen molar-refractivity contribution in [2.24, 2.45) is 0 Å². The van der Waals surface area contributed by atoms with Gasteiger partial charge in [-0.15, -0.1) is 0 Å². The molecule has 1 aromatic carbocycles. The minimum atomic E-state index is -0.627. The normalized spacial score (nSPS) is 18.5. The molecule has 3 nitrogen and oxygen atoms in total. The number of benzene rings is 1. The highest BCUT2D eigenvalue weighted by molar-refractivity contribution is 5.28. The summed E-state index contributed by atoms with van der Waals surface area (Å²) in [4.78, 5) is 0. The van der Waals surface area contributed by atoms with Gasteiger partial charge in [0.1, 0.15) is 12.4 Å². The maximum atomic E-state index is 10.5. The monoisotopic (exact) mass is 291 g/mol. The summed E-state index contributed by atoms with van der Waals surface area (Å²) in [5, 5.41) is 13.9. The van der Waals surface area contributed by atoms with E-state index in [0.717, 1.165) is 38.0 Å². The Hall–Kier alpha value is -1.06. The van der Waals surface area contributed by atoms with Gasteiger partial charge < -0.3 is 15.2 Å². The molecule has 1 fully saturated rings. The highest BCUT2D eigenvalue weighted by Crippen LogP contribution is 2.29. The summed E-state index contributed by atoms with van der Waals surface area (Å²) >= 11 is 0. The zero-order valence-corrected chi connectivity index (χ0v) is 13.6. The van der Waals surface area contributed by atoms with E-state index in [9.17, 15) is 5.11 Å². The van der Waals surface area contributed by atoms with E-state index in [1.165, 1.54) is 12.0 Å². The molecule has 1 aromatic rings. The van der Waals surface area contributed by atoms with Crippen molar-refractivity contribution in [2.75, 3.05) is 6.61 Å². The lowest BCUT2D eigenvalue weighted by Gasteiger charge is -2.31. The summed E-state index contributed by atoms with van der Waals surface area (Å²) in [5.74, 6) is 0.849. The van der Waals surface area contributed by atoms with Gasteiger partial charge in [0.05, 0.1) is 5.60 Å². The zero-order chi connectivity index (χ0) is 15.3. The molecule has 0 amide bonds. The standard InChI is InChI=1S/C18H29NO2/c1-17(2,3)19-13-15-8-7-9-16(12-15)21-14-18(20)10-5-4-6-11-18/h7-9,12,19-20H,4-6,10-11,13-14H2,1-3H3. The first-order chi connectivity index (χ1) is 9.86. The Bertz CT molecular complexity index is 445. The Balaban J connectivity index is 1.88. The lowest BCUT2D eigenvalue weighted by molar-refractivity contribution is -0.0339. The molecule has 2 rings (SSSR count).